The van der Waals surface area contributed by atoms with Gasteiger partial charge < -0.3 is 0 Å². The molecule has 144 valence electrons. The number of nitrogens with zero attached hydrogens (tertiary/aromatic N) is 1. The van der Waals surface area contributed by atoms with Gasteiger partial charge in [0.1, 0.15) is 5.01 Å². The van der Waals surface area contributed by atoms with E-state index in [1.807, 2.05) is 35.7 Å². The van der Waals surface area contributed by atoms with E-state index in [2.05, 4.69) is 15.8 Å². The Morgan fingerprint density at radius 3 is 2.43 bits per heavy atom. The predicted octanol–water partition coefficient (Wildman–Crippen LogP) is 4.13. The molecule has 3 aromatic rings. The summed E-state index contributed by atoms with van der Waals surface area (Å²) >= 11 is 1.76. The maximum absolute atomic E-state index is 12.3. The summed E-state index contributed by atoms with van der Waals surface area (Å²) in [6, 6.07) is 15.3. The molecule has 0 saturated carbocycles. The summed E-state index contributed by atoms with van der Waals surface area (Å²) in [7, 11) is 0. The zero-order chi connectivity index (χ0) is 19.9. The second-order valence-corrected chi connectivity index (χ2v) is 7.58. The molecular formula is C19H15F2N3O2S2. The van der Waals surface area contributed by atoms with E-state index in [0.29, 0.717) is 21.7 Å². The molecule has 2 aromatic carbocycles. The van der Waals surface area contributed by atoms with Crippen molar-refractivity contribution in [3.05, 3.63) is 70.5 Å². The second-order valence-electron chi connectivity index (χ2n) is 5.57. The maximum atomic E-state index is 12.3. The number of amides is 2. The normalized spacial score (nSPS) is 10.7. The number of halogens is 2. The largest absolute Gasteiger partial charge is 0.288 e. The lowest BCUT2D eigenvalue weighted by atomic mass is 10.2. The highest BCUT2D eigenvalue weighted by Gasteiger charge is 2.12. The molecule has 0 spiro atoms. The number of benzene rings is 2. The molecule has 0 atom stereocenters. The molecule has 0 aliphatic heterocycles. The van der Waals surface area contributed by atoms with Crippen LogP contribution in [0.1, 0.15) is 15.4 Å². The summed E-state index contributed by atoms with van der Waals surface area (Å²) in [6.07, 6.45) is 0.0295. The van der Waals surface area contributed by atoms with E-state index in [0.717, 1.165) is 11.3 Å². The number of thioether (sulfide) groups is 1. The first-order valence-corrected chi connectivity index (χ1v) is 9.91. The van der Waals surface area contributed by atoms with Crippen molar-refractivity contribution in [3.8, 4) is 11.3 Å². The summed E-state index contributed by atoms with van der Waals surface area (Å²) < 4.78 is 24.6. The summed E-state index contributed by atoms with van der Waals surface area (Å²) in [4.78, 5) is 28.8. The number of carbonyl (C=O) groups excluding carboxylic acids is 2. The molecule has 1 heterocycles. The molecule has 0 aliphatic carbocycles. The minimum absolute atomic E-state index is 0.0295. The first-order valence-electron chi connectivity index (χ1n) is 8.15. The molecule has 0 bridgehead atoms. The molecule has 1 aromatic heterocycles. The number of rotatable bonds is 6. The van der Waals surface area contributed by atoms with Gasteiger partial charge in [0, 0.05) is 21.4 Å². The summed E-state index contributed by atoms with van der Waals surface area (Å²) in [5.41, 5.74) is 6.63. The Kier molecular flexibility index (Phi) is 6.72. The fourth-order valence-corrected chi connectivity index (χ4v) is 3.60. The van der Waals surface area contributed by atoms with Crippen molar-refractivity contribution in [3.63, 3.8) is 0 Å². The van der Waals surface area contributed by atoms with E-state index in [-0.39, 0.29) is 12.0 Å². The van der Waals surface area contributed by atoms with Crippen molar-refractivity contribution in [1.82, 2.24) is 15.8 Å². The number of hydrazine groups is 1. The minimum atomic E-state index is -2.52. The average molecular weight is 419 g/mol. The van der Waals surface area contributed by atoms with Gasteiger partial charge >= 0.3 is 0 Å². The fraction of sp³-hybridized carbons (Fsp3) is 0.105. The molecular weight excluding hydrogens is 404 g/mol. The molecule has 9 heteroatoms. The summed E-state index contributed by atoms with van der Waals surface area (Å²) in [6.45, 7) is 0. The van der Waals surface area contributed by atoms with Crippen LogP contribution in [0.5, 0.6) is 0 Å². The number of thiazole rings is 1. The summed E-state index contributed by atoms with van der Waals surface area (Å²) in [5.74, 6) is -3.47. The van der Waals surface area contributed by atoms with Crippen LogP contribution in [0.15, 0.2) is 64.9 Å². The van der Waals surface area contributed by atoms with Crippen molar-refractivity contribution >= 4 is 34.9 Å². The van der Waals surface area contributed by atoms with Crippen LogP contribution in [-0.4, -0.2) is 22.6 Å². The predicted molar refractivity (Wildman–Crippen MR) is 105 cm³/mol. The standard InChI is InChI=1S/C19H15F2N3O2S2/c20-19(21)28-14-8-6-13(7-9-14)18(26)24-23-16(25)10-17-22-15(11-27-17)12-4-2-1-3-5-12/h1-9,11,19H,10H2,(H,23,25)(H,24,26). The van der Waals surface area contributed by atoms with Crippen molar-refractivity contribution in [2.24, 2.45) is 0 Å². The maximum Gasteiger partial charge on any atom is 0.288 e. The Labute approximate surface area is 168 Å². The van der Waals surface area contributed by atoms with E-state index >= 15 is 0 Å². The number of nitrogens with one attached hydrogen (secondary N) is 2. The second kappa shape index (κ2) is 9.43. The van der Waals surface area contributed by atoms with Gasteiger partial charge in [-0.15, -0.1) is 11.3 Å². The van der Waals surface area contributed by atoms with Gasteiger partial charge in [0.2, 0.25) is 5.91 Å². The van der Waals surface area contributed by atoms with Crippen molar-refractivity contribution in [2.45, 2.75) is 17.1 Å². The SMILES string of the molecule is O=C(Cc1nc(-c2ccccc2)cs1)NNC(=O)c1ccc(SC(F)F)cc1. The molecule has 0 fully saturated rings. The minimum Gasteiger partial charge on any atom is -0.273 e. The van der Waals surface area contributed by atoms with Crippen LogP contribution in [0.4, 0.5) is 8.78 Å². The number of hydrogen-bond donors (Lipinski definition) is 2. The van der Waals surface area contributed by atoms with E-state index in [9.17, 15) is 18.4 Å². The molecule has 2 amide bonds. The van der Waals surface area contributed by atoms with Crippen molar-refractivity contribution in [2.75, 3.05) is 0 Å². The monoisotopic (exact) mass is 419 g/mol. The highest BCUT2D eigenvalue weighted by molar-refractivity contribution is 7.99. The fourth-order valence-electron chi connectivity index (χ4n) is 2.30. The first kappa shape index (κ1) is 20.0. The van der Waals surface area contributed by atoms with Gasteiger partial charge in [0.25, 0.3) is 11.7 Å². The number of carbonyl (C=O) groups is 2. The molecule has 28 heavy (non-hydrogen) atoms. The summed E-state index contributed by atoms with van der Waals surface area (Å²) in [5, 5.41) is 2.49. The van der Waals surface area contributed by atoms with Crippen molar-refractivity contribution in [1.29, 1.82) is 0 Å². The van der Waals surface area contributed by atoms with Crippen LogP contribution < -0.4 is 10.9 Å². The third-order valence-corrected chi connectivity index (χ3v) is 5.16. The van der Waals surface area contributed by atoms with E-state index in [4.69, 9.17) is 0 Å². The van der Waals surface area contributed by atoms with Crippen LogP contribution in [0, 0.1) is 0 Å². The van der Waals surface area contributed by atoms with Gasteiger partial charge in [0.05, 0.1) is 12.1 Å². The lowest BCUT2D eigenvalue weighted by Crippen LogP contribution is -2.42. The quantitative estimate of drug-likeness (QED) is 0.466. The van der Waals surface area contributed by atoms with Crippen LogP contribution in [0.2, 0.25) is 0 Å². The third kappa shape index (κ3) is 5.61. The lowest BCUT2D eigenvalue weighted by molar-refractivity contribution is -0.121. The van der Waals surface area contributed by atoms with Crippen LogP contribution in [-0.2, 0) is 11.2 Å². The molecule has 3 rings (SSSR count). The zero-order valence-corrected chi connectivity index (χ0v) is 16.0. The van der Waals surface area contributed by atoms with Gasteiger partial charge in [-0.3, -0.25) is 20.4 Å². The van der Waals surface area contributed by atoms with Gasteiger partial charge in [-0.25, -0.2) is 4.98 Å². The van der Waals surface area contributed by atoms with Gasteiger partial charge in [-0.05, 0) is 24.3 Å². The topological polar surface area (TPSA) is 71.1 Å². The molecule has 0 saturated heterocycles. The van der Waals surface area contributed by atoms with Crippen LogP contribution in [0.3, 0.4) is 0 Å². The number of alkyl halides is 2. The highest BCUT2D eigenvalue weighted by atomic mass is 32.2. The smallest absolute Gasteiger partial charge is 0.273 e. The Bertz CT molecular complexity index is 947. The molecule has 0 aliphatic rings. The Hall–Kier alpha value is -2.78. The van der Waals surface area contributed by atoms with Crippen molar-refractivity contribution < 1.29 is 18.4 Å². The molecule has 0 radical (unpaired) electrons. The zero-order valence-electron chi connectivity index (χ0n) is 14.4. The van der Waals surface area contributed by atoms with Gasteiger partial charge in [-0.1, -0.05) is 42.1 Å². The number of hydrogen-bond acceptors (Lipinski definition) is 5. The Balaban J connectivity index is 1.50. The van der Waals surface area contributed by atoms with E-state index < -0.39 is 17.6 Å². The lowest BCUT2D eigenvalue weighted by Gasteiger charge is -2.07. The molecule has 5 nitrogen and oxygen atoms in total. The van der Waals surface area contributed by atoms with Crippen LogP contribution in [0.25, 0.3) is 11.3 Å². The Morgan fingerprint density at radius 2 is 1.75 bits per heavy atom. The van der Waals surface area contributed by atoms with Crippen LogP contribution >= 0.6 is 23.1 Å². The van der Waals surface area contributed by atoms with E-state index in [1.165, 1.54) is 35.6 Å². The highest BCUT2D eigenvalue weighted by Crippen LogP contribution is 2.25. The first-order chi connectivity index (χ1) is 13.5. The van der Waals surface area contributed by atoms with E-state index in [1.54, 1.807) is 0 Å². The average Bonchev–Trinajstić information content (AvgIpc) is 3.15. The molecule has 2 N–H and O–H groups in total. The Morgan fingerprint density at radius 1 is 1.04 bits per heavy atom. The van der Waals surface area contributed by atoms with Gasteiger partial charge in [-0.2, -0.15) is 8.78 Å². The van der Waals surface area contributed by atoms with Gasteiger partial charge in [0.15, 0.2) is 0 Å². The third-order valence-electron chi connectivity index (χ3n) is 3.59. The molecule has 0 unspecified atom stereocenters. The number of aromatic nitrogens is 1.